The van der Waals surface area contributed by atoms with Crippen molar-refractivity contribution in [1.29, 1.82) is 0 Å². The molecule has 0 rings (SSSR count). The summed E-state index contributed by atoms with van der Waals surface area (Å²) in [7, 11) is 1.50. The topological polar surface area (TPSA) is 72.7 Å². The highest BCUT2D eigenvalue weighted by Crippen LogP contribution is 2.25. The van der Waals surface area contributed by atoms with Gasteiger partial charge in [0, 0.05) is 13.0 Å². The molecule has 4 nitrogen and oxygen atoms in total. The van der Waals surface area contributed by atoms with Crippen molar-refractivity contribution in [2.75, 3.05) is 13.7 Å². The van der Waals surface area contributed by atoms with E-state index in [1.54, 1.807) is 0 Å². The van der Waals surface area contributed by atoms with Crippen LogP contribution in [0.25, 0.3) is 0 Å². The maximum atomic E-state index is 9.38. The van der Waals surface area contributed by atoms with E-state index in [1.807, 2.05) is 20.8 Å². The zero-order valence-electron chi connectivity index (χ0n) is 9.49. The van der Waals surface area contributed by atoms with Gasteiger partial charge in [-0.15, -0.1) is 0 Å². The molecule has 0 aliphatic rings. The van der Waals surface area contributed by atoms with E-state index in [9.17, 15) is 10.2 Å². The Balaban J connectivity index is 4.23. The fourth-order valence-corrected chi connectivity index (χ4v) is 1.75. The summed E-state index contributed by atoms with van der Waals surface area (Å²) in [5.74, 6) is -1.34. The van der Waals surface area contributed by atoms with E-state index >= 15 is 0 Å². The number of rotatable bonds is 6. The second kappa shape index (κ2) is 5.66. The summed E-state index contributed by atoms with van der Waals surface area (Å²) in [6.45, 7) is 6.04. The van der Waals surface area contributed by atoms with Gasteiger partial charge in [-0.2, -0.15) is 0 Å². The van der Waals surface area contributed by atoms with E-state index in [0.29, 0.717) is 5.92 Å². The molecular weight excluding hydrogens is 182 g/mol. The minimum Gasteiger partial charge on any atom is -0.396 e. The van der Waals surface area contributed by atoms with E-state index in [2.05, 4.69) is 5.32 Å². The van der Waals surface area contributed by atoms with Crippen LogP contribution in [0.5, 0.6) is 0 Å². The van der Waals surface area contributed by atoms with Crippen molar-refractivity contribution < 1.29 is 15.3 Å². The Morgan fingerprint density at radius 1 is 1.21 bits per heavy atom. The highest BCUT2D eigenvalue weighted by atomic mass is 16.5. The quantitative estimate of drug-likeness (QED) is 0.465. The third-order valence-corrected chi connectivity index (χ3v) is 2.81. The van der Waals surface area contributed by atoms with Gasteiger partial charge in [0.15, 0.2) is 0 Å². The lowest BCUT2D eigenvalue weighted by Crippen LogP contribution is -2.45. The van der Waals surface area contributed by atoms with Crippen LogP contribution in [0.3, 0.4) is 0 Å². The predicted octanol–water partition coefficient (Wildman–Crippen LogP) is 0.135. The minimum absolute atomic E-state index is 0.0578. The van der Waals surface area contributed by atoms with Gasteiger partial charge in [-0.25, -0.2) is 0 Å². The van der Waals surface area contributed by atoms with Crippen LogP contribution in [0.15, 0.2) is 0 Å². The monoisotopic (exact) mass is 205 g/mol. The molecule has 0 fully saturated rings. The maximum Gasteiger partial charge on any atom is 0.222 e. The van der Waals surface area contributed by atoms with E-state index in [-0.39, 0.29) is 24.9 Å². The van der Waals surface area contributed by atoms with Gasteiger partial charge in [-0.1, -0.05) is 20.8 Å². The second-order valence-corrected chi connectivity index (χ2v) is 4.34. The molecule has 2 atom stereocenters. The highest BCUT2D eigenvalue weighted by molar-refractivity contribution is 4.73. The van der Waals surface area contributed by atoms with E-state index < -0.39 is 5.91 Å². The molecule has 4 N–H and O–H groups in total. The molecule has 1 unspecified atom stereocenters. The molecule has 4 heteroatoms. The zero-order chi connectivity index (χ0) is 11.4. The summed E-state index contributed by atoms with van der Waals surface area (Å²) < 4.78 is 0. The molecular formula is C10H23NO3. The van der Waals surface area contributed by atoms with Crippen LogP contribution < -0.4 is 5.32 Å². The summed E-state index contributed by atoms with van der Waals surface area (Å²) in [5, 5.41) is 30.3. The van der Waals surface area contributed by atoms with Gasteiger partial charge in [-0.3, -0.25) is 5.32 Å². The Morgan fingerprint density at radius 2 is 1.71 bits per heavy atom. The van der Waals surface area contributed by atoms with Gasteiger partial charge in [0.2, 0.25) is 5.91 Å². The van der Waals surface area contributed by atoms with Gasteiger partial charge < -0.3 is 15.3 Å². The third kappa shape index (κ3) is 4.37. The molecule has 14 heavy (non-hydrogen) atoms. The van der Waals surface area contributed by atoms with Gasteiger partial charge in [0.05, 0.1) is 0 Å². The van der Waals surface area contributed by atoms with Crippen LogP contribution in [0.2, 0.25) is 0 Å². The van der Waals surface area contributed by atoms with Crippen molar-refractivity contribution in [3.63, 3.8) is 0 Å². The molecule has 0 radical (unpaired) electrons. The molecule has 0 amide bonds. The molecule has 0 aromatic heterocycles. The average Bonchev–Trinajstić information content (AvgIpc) is 2.03. The van der Waals surface area contributed by atoms with Gasteiger partial charge in [-0.05, 0) is 24.8 Å². The van der Waals surface area contributed by atoms with E-state index in [4.69, 9.17) is 5.11 Å². The molecule has 0 heterocycles. The minimum atomic E-state index is -1.83. The normalized spacial score (nSPS) is 17.1. The Bertz CT molecular complexity index is 159. The Labute approximate surface area is 86.0 Å². The molecule has 86 valence electrons. The number of hydrogen-bond donors (Lipinski definition) is 4. The summed E-state index contributed by atoms with van der Waals surface area (Å²) in [5.41, 5.74) is 0. The molecule has 0 aliphatic heterocycles. The van der Waals surface area contributed by atoms with Crippen molar-refractivity contribution >= 4 is 0 Å². The fourth-order valence-electron chi connectivity index (χ4n) is 1.75. The number of aliphatic hydroxyl groups is 3. The van der Waals surface area contributed by atoms with Crippen LogP contribution in [-0.4, -0.2) is 34.9 Å². The summed E-state index contributed by atoms with van der Waals surface area (Å²) >= 11 is 0. The second-order valence-electron chi connectivity index (χ2n) is 4.34. The van der Waals surface area contributed by atoms with Crippen LogP contribution in [0, 0.1) is 17.8 Å². The van der Waals surface area contributed by atoms with Crippen molar-refractivity contribution in [3.05, 3.63) is 0 Å². The average molecular weight is 205 g/mol. The summed E-state index contributed by atoms with van der Waals surface area (Å²) in [6, 6.07) is 0. The lowest BCUT2D eigenvalue weighted by atomic mass is 9.82. The first-order chi connectivity index (χ1) is 6.34. The lowest BCUT2D eigenvalue weighted by molar-refractivity contribution is -0.196. The van der Waals surface area contributed by atoms with Gasteiger partial charge in [0.1, 0.15) is 0 Å². The first-order valence-electron chi connectivity index (χ1n) is 5.08. The molecule has 0 aromatic carbocycles. The van der Waals surface area contributed by atoms with Crippen LogP contribution in [-0.2, 0) is 0 Å². The SMILES string of the molecule is CNC(O)(O)C[C@H](C)C(CO)C(C)C. The van der Waals surface area contributed by atoms with E-state index in [1.165, 1.54) is 7.05 Å². The van der Waals surface area contributed by atoms with Crippen LogP contribution in [0.4, 0.5) is 0 Å². The number of nitrogens with one attached hydrogen (secondary N) is 1. The molecule has 0 aliphatic carbocycles. The fraction of sp³-hybridized carbons (Fsp3) is 1.00. The maximum absolute atomic E-state index is 9.38. The smallest absolute Gasteiger partial charge is 0.222 e. The molecule has 0 bridgehead atoms. The predicted molar refractivity (Wildman–Crippen MR) is 55.4 cm³/mol. The first-order valence-corrected chi connectivity index (χ1v) is 5.08. The number of aliphatic hydroxyl groups excluding tert-OH is 1. The number of hydrogen-bond acceptors (Lipinski definition) is 4. The third-order valence-electron chi connectivity index (χ3n) is 2.81. The van der Waals surface area contributed by atoms with Gasteiger partial charge in [0.25, 0.3) is 0 Å². The summed E-state index contributed by atoms with van der Waals surface area (Å²) in [4.78, 5) is 0. The molecule has 0 spiro atoms. The molecule has 0 aromatic rings. The standard InChI is InChI=1S/C10H23NO3/c1-7(2)9(6-12)8(3)5-10(13,14)11-4/h7-9,11-14H,5-6H2,1-4H3/t8-,9?/m0/s1. The highest BCUT2D eigenvalue weighted by Gasteiger charge is 2.29. The molecule has 0 saturated heterocycles. The Kier molecular flexibility index (Phi) is 5.59. The van der Waals surface area contributed by atoms with Crippen LogP contribution in [0.1, 0.15) is 27.2 Å². The van der Waals surface area contributed by atoms with E-state index in [0.717, 1.165) is 0 Å². The van der Waals surface area contributed by atoms with Gasteiger partial charge >= 0.3 is 0 Å². The van der Waals surface area contributed by atoms with Crippen molar-refractivity contribution in [1.82, 2.24) is 5.32 Å². The van der Waals surface area contributed by atoms with Crippen molar-refractivity contribution in [2.45, 2.75) is 33.1 Å². The first kappa shape index (κ1) is 13.8. The van der Waals surface area contributed by atoms with Crippen molar-refractivity contribution in [3.8, 4) is 0 Å². The summed E-state index contributed by atoms with van der Waals surface area (Å²) in [6.07, 6.45) is 0.215. The zero-order valence-corrected chi connectivity index (χ0v) is 9.49. The Morgan fingerprint density at radius 3 is 2.00 bits per heavy atom. The van der Waals surface area contributed by atoms with Crippen molar-refractivity contribution in [2.24, 2.45) is 17.8 Å². The van der Waals surface area contributed by atoms with Crippen LogP contribution >= 0.6 is 0 Å². The Hall–Kier alpha value is -0.160. The largest absolute Gasteiger partial charge is 0.396 e. The molecule has 0 saturated carbocycles. The lowest BCUT2D eigenvalue weighted by Gasteiger charge is -2.30.